The Morgan fingerprint density at radius 3 is 1.95 bits per heavy atom. The van der Waals surface area contributed by atoms with E-state index in [1.165, 1.54) is 16.7 Å². The predicted molar refractivity (Wildman–Crippen MR) is 86.9 cm³/mol. The first-order valence-corrected chi connectivity index (χ1v) is 8.27. The SMILES string of the molecule is CN1C(=O)C2CCC1C1=C(C(C)(C)C)CC(C(C)(C)C)=C12. The van der Waals surface area contributed by atoms with Crippen LogP contribution in [-0.4, -0.2) is 23.9 Å². The Hall–Kier alpha value is -1.05. The number of amides is 1. The molecule has 2 heterocycles. The van der Waals surface area contributed by atoms with Crippen molar-refractivity contribution in [2.75, 3.05) is 7.05 Å². The number of fused-ring (bicyclic) bond motifs is 2. The highest BCUT2D eigenvalue weighted by molar-refractivity contribution is 5.88. The number of piperidine rings is 2. The molecular weight excluding hydrogens is 258 g/mol. The van der Waals surface area contributed by atoms with E-state index in [4.69, 9.17) is 0 Å². The van der Waals surface area contributed by atoms with Crippen molar-refractivity contribution in [2.24, 2.45) is 16.7 Å². The van der Waals surface area contributed by atoms with Gasteiger partial charge in [0.05, 0.1) is 12.0 Å². The van der Waals surface area contributed by atoms with E-state index < -0.39 is 0 Å². The minimum atomic E-state index is 0.129. The van der Waals surface area contributed by atoms with E-state index in [-0.39, 0.29) is 16.7 Å². The minimum Gasteiger partial charge on any atom is -0.338 e. The molecule has 0 N–H and O–H groups in total. The molecule has 2 saturated heterocycles. The van der Waals surface area contributed by atoms with Crippen LogP contribution in [0.3, 0.4) is 0 Å². The van der Waals surface area contributed by atoms with Gasteiger partial charge >= 0.3 is 0 Å². The third kappa shape index (κ3) is 2.02. The Bertz CT molecular complexity index is 565. The molecule has 2 atom stereocenters. The van der Waals surface area contributed by atoms with Gasteiger partial charge in [-0.1, -0.05) is 52.7 Å². The number of hydrogen-bond donors (Lipinski definition) is 0. The number of nitrogens with zero attached hydrogens (tertiary/aromatic N) is 1. The van der Waals surface area contributed by atoms with Crippen molar-refractivity contribution in [1.82, 2.24) is 4.90 Å². The number of likely N-dealkylation sites (N-methyl/N-ethyl adjacent to an activating group) is 1. The van der Waals surface area contributed by atoms with Crippen molar-refractivity contribution in [3.8, 4) is 0 Å². The lowest BCUT2D eigenvalue weighted by atomic mass is 9.69. The van der Waals surface area contributed by atoms with Gasteiger partial charge in [0.25, 0.3) is 0 Å². The smallest absolute Gasteiger partial charge is 0.230 e. The van der Waals surface area contributed by atoms with Crippen LogP contribution in [0, 0.1) is 16.7 Å². The molecule has 0 aromatic carbocycles. The molecule has 1 amide bonds. The van der Waals surface area contributed by atoms with Crippen LogP contribution in [0.5, 0.6) is 0 Å². The van der Waals surface area contributed by atoms with E-state index >= 15 is 0 Å². The van der Waals surface area contributed by atoms with Gasteiger partial charge < -0.3 is 4.90 Å². The molecule has 2 aliphatic heterocycles. The van der Waals surface area contributed by atoms with Gasteiger partial charge in [-0.15, -0.1) is 0 Å². The Morgan fingerprint density at radius 2 is 1.43 bits per heavy atom. The van der Waals surface area contributed by atoms with Crippen LogP contribution in [0.25, 0.3) is 0 Å². The van der Waals surface area contributed by atoms with Crippen LogP contribution in [0.4, 0.5) is 0 Å². The number of hydrogen-bond acceptors (Lipinski definition) is 1. The third-order valence-corrected chi connectivity index (χ3v) is 5.63. The van der Waals surface area contributed by atoms with E-state index in [1.807, 2.05) is 11.9 Å². The zero-order valence-electron chi connectivity index (χ0n) is 14.6. The quantitative estimate of drug-likeness (QED) is 0.649. The molecule has 1 saturated carbocycles. The van der Waals surface area contributed by atoms with Gasteiger partial charge in [-0.25, -0.2) is 0 Å². The highest BCUT2D eigenvalue weighted by atomic mass is 16.2. The molecular formula is C19H29NO. The van der Waals surface area contributed by atoms with Gasteiger partial charge in [0.15, 0.2) is 0 Å². The highest BCUT2D eigenvalue weighted by Gasteiger charge is 2.51. The maximum Gasteiger partial charge on any atom is 0.230 e. The molecule has 4 aliphatic rings. The Morgan fingerprint density at radius 1 is 0.905 bits per heavy atom. The van der Waals surface area contributed by atoms with E-state index in [2.05, 4.69) is 41.5 Å². The Balaban J connectivity index is 2.22. The highest BCUT2D eigenvalue weighted by Crippen LogP contribution is 2.56. The van der Waals surface area contributed by atoms with Crippen molar-refractivity contribution in [3.63, 3.8) is 0 Å². The second-order valence-corrected chi connectivity index (χ2v) is 9.06. The standard InChI is InChI=1S/C19H29NO/c1-18(2,3)12-10-13(19(4,5)6)16-14-9-8-11(15(12)16)17(21)20(14)7/h11,14H,8-10H2,1-7H3. The molecule has 2 heteroatoms. The average molecular weight is 287 g/mol. The molecule has 0 aromatic rings. The fraction of sp³-hybridized carbons (Fsp3) is 0.737. The lowest BCUT2D eigenvalue weighted by molar-refractivity contribution is -0.139. The molecule has 2 aliphatic carbocycles. The van der Waals surface area contributed by atoms with Crippen LogP contribution >= 0.6 is 0 Å². The number of rotatable bonds is 0. The van der Waals surface area contributed by atoms with Gasteiger partial charge in [-0.2, -0.15) is 0 Å². The maximum atomic E-state index is 12.6. The summed E-state index contributed by atoms with van der Waals surface area (Å²) in [7, 11) is 2.00. The summed E-state index contributed by atoms with van der Waals surface area (Å²) in [4.78, 5) is 14.6. The minimum absolute atomic E-state index is 0.129. The monoisotopic (exact) mass is 287 g/mol. The molecule has 2 unspecified atom stereocenters. The summed E-state index contributed by atoms with van der Waals surface area (Å²) in [5.41, 5.74) is 6.42. The first-order chi connectivity index (χ1) is 9.53. The van der Waals surface area contributed by atoms with E-state index in [9.17, 15) is 4.79 Å². The zero-order chi connectivity index (χ0) is 15.7. The fourth-order valence-corrected chi connectivity index (χ4v) is 4.46. The van der Waals surface area contributed by atoms with Crippen molar-refractivity contribution < 1.29 is 4.79 Å². The number of carbonyl (C=O) groups excluding carboxylic acids is 1. The molecule has 4 rings (SSSR count). The molecule has 0 spiro atoms. The molecule has 116 valence electrons. The summed E-state index contributed by atoms with van der Waals surface area (Å²) < 4.78 is 0. The van der Waals surface area contributed by atoms with Gasteiger partial charge in [0.2, 0.25) is 5.91 Å². The van der Waals surface area contributed by atoms with Crippen LogP contribution < -0.4 is 0 Å². The lowest BCUT2D eigenvalue weighted by Crippen LogP contribution is -2.52. The summed E-state index contributed by atoms with van der Waals surface area (Å²) in [5, 5.41) is 0. The summed E-state index contributed by atoms with van der Waals surface area (Å²) >= 11 is 0. The third-order valence-electron chi connectivity index (χ3n) is 5.63. The van der Waals surface area contributed by atoms with Crippen LogP contribution in [0.2, 0.25) is 0 Å². The molecule has 0 aromatic heterocycles. The Labute approximate surface area is 129 Å². The fourth-order valence-electron chi connectivity index (χ4n) is 4.46. The van der Waals surface area contributed by atoms with E-state index in [0.29, 0.717) is 11.9 Å². The van der Waals surface area contributed by atoms with Crippen molar-refractivity contribution >= 4 is 5.91 Å². The zero-order valence-corrected chi connectivity index (χ0v) is 14.6. The van der Waals surface area contributed by atoms with Crippen LogP contribution in [-0.2, 0) is 4.79 Å². The Kier molecular flexibility index (Phi) is 3.00. The molecule has 2 nitrogen and oxygen atoms in total. The molecule has 2 bridgehead atoms. The second kappa shape index (κ2) is 4.24. The molecule has 0 radical (unpaired) electrons. The summed E-state index contributed by atoms with van der Waals surface area (Å²) in [6.45, 7) is 13.9. The predicted octanol–water partition coefficient (Wildman–Crippen LogP) is 4.33. The summed E-state index contributed by atoms with van der Waals surface area (Å²) in [5.74, 6) is 0.478. The van der Waals surface area contributed by atoms with Crippen molar-refractivity contribution in [2.45, 2.75) is 66.8 Å². The largest absolute Gasteiger partial charge is 0.338 e. The number of carbonyl (C=O) groups is 1. The van der Waals surface area contributed by atoms with Gasteiger partial charge in [0.1, 0.15) is 0 Å². The molecule has 21 heavy (non-hydrogen) atoms. The number of allylic oxidation sites excluding steroid dienone is 2. The van der Waals surface area contributed by atoms with E-state index in [1.54, 1.807) is 5.57 Å². The molecule has 3 fully saturated rings. The van der Waals surface area contributed by atoms with Crippen LogP contribution in [0.1, 0.15) is 60.8 Å². The normalized spacial score (nSPS) is 29.7. The second-order valence-electron chi connectivity index (χ2n) is 9.06. The lowest BCUT2D eigenvalue weighted by Gasteiger charge is -2.47. The summed E-state index contributed by atoms with van der Waals surface area (Å²) in [6.07, 6.45) is 3.26. The van der Waals surface area contributed by atoms with Gasteiger partial charge in [0, 0.05) is 7.05 Å². The first kappa shape index (κ1) is 14.9. The van der Waals surface area contributed by atoms with Gasteiger partial charge in [-0.3, -0.25) is 4.79 Å². The van der Waals surface area contributed by atoms with Crippen molar-refractivity contribution in [3.05, 3.63) is 22.3 Å². The first-order valence-electron chi connectivity index (χ1n) is 8.27. The average Bonchev–Trinajstić information content (AvgIpc) is 2.75. The van der Waals surface area contributed by atoms with Crippen molar-refractivity contribution in [1.29, 1.82) is 0 Å². The van der Waals surface area contributed by atoms with Crippen LogP contribution in [0.15, 0.2) is 22.3 Å². The van der Waals surface area contributed by atoms with E-state index in [0.717, 1.165) is 19.3 Å². The topological polar surface area (TPSA) is 20.3 Å². The summed E-state index contributed by atoms with van der Waals surface area (Å²) in [6, 6.07) is 0.326. The van der Waals surface area contributed by atoms with Gasteiger partial charge in [-0.05, 0) is 41.2 Å². The maximum absolute atomic E-state index is 12.6.